The van der Waals surface area contributed by atoms with Crippen LogP contribution in [0.25, 0.3) is 11.1 Å². The zero-order chi connectivity index (χ0) is 13.4. The summed E-state index contributed by atoms with van der Waals surface area (Å²) in [7, 11) is 0. The molecule has 1 aromatic heterocycles. The Morgan fingerprint density at radius 3 is 2.50 bits per heavy atom. The molecule has 0 aliphatic carbocycles. The number of hydrogen-bond donors (Lipinski definition) is 1. The van der Waals surface area contributed by atoms with E-state index in [9.17, 15) is 13.6 Å². The molecular weight excluding hydrogens is 256 g/mol. The lowest BCUT2D eigenvalue weighted by Gasteiger charge is -2.06. The quantitative estimate of drug-likeness (QED) is 0.841. The smallest absolute Gasteiger partial charge is 0.166 e. The van der Waals surface area contributed by atoms with E-state index in [1.54, 1.807) is 5.38 Å². The monoisotopic (exact) mass is 267 g/mol. The molecule has 0 saturated carbocycles. The predicted molar refractivity (Wildman–Crippen MR) is 68.8 cm³/mol. The number of thiophene rings is 1. The van der Waals surface area contributed by atoms with Crippen molar-refractivity contribution in [1.82, 2.24) is 0 Å². The molecule has 0 amide bonds. The molecular formula is C13H11F2NOS. The molecule has 0 atom stereocenters. The number of anilines is 1. The molecule has 2 rings (SSSR count). The maximum atomic E-state index is 13.9. The molecule has 0 aliphatic heterocycles. The van der Waals surface area contributed by atoms with Gasteiger partial charge in [0, 0.05) is 16.5 Å². The van der Waals surface area contributed by atoms with Crippen molar-refractivity contribution in [1.29, 1.82) is 0 Å². The van der Waals surface area contributed by atoms with Gasteiger partial charge in [-0.1, -0.05) is 12.1 Å². The summed E-state index contributed by atoms with van der Waals surface area (Å²) in [6, 6.07) is 2.94. The topological polar surface area (TPSA) is 43.1 Å². The summed E-state index contributed by atoms with van der Waals surface area (Å²) in [6.07, 6.45) is 0. The highest BCUT2D eigenvalue weighted by atomic mass is 32.1. The van der Waals surface area contributed by atoms with Crippen LogP contribution in [0.3, 0.4) is 0 Å². The lowest BCUT2D eigenvalue weighted by Crippen LogP contribution is -2.00. The number of nitrogens with two attached hydrogens (primary N) is 1. The highest BCUT2D eigenvalue weighted by Gasteiger charge is 2.20. The van der Waals surface area contributed by atoms with E-state index in [-0.39, 0.29) is 22.5 Å². The summed E-state index contributed by atoms with van der Waals surface area (Å²) >= 11 is 1.14. The maximum absolute atomic E-state index is 13.9. The Bertz CT molecular complexity index is 634. The van der Waals surface area contributed by atoms with Gasteiger partial charge in [0.2, 0.25) is 0 Å². The van der Waals surface area contributed by atoms with Crippen LogP contribution in [0, 0.1) is 18.6 Å². The van der Waals surface area contributed by atoms with Crippen LogP contribution in [-0.2, 0) is 0 Å². The van der Waals surface area contributed by atoms with Gasteiger partial charge in [-0.15, -0.1) is 11.3 Å². The molecule has 2 N–H and O–H groups in total. The average molecular weight is 267 g/mol. The van der Waals surface area contributed by atoms with Crippen LogP contribution < -0.4 is 5.73 Å². The van der Waals surface area contributed by atoms with Crippen LogP contribution in [0.5, 0.6) is 0 Å². The van der Waals surface area contributed by atoms with Crippen LogP contribution in [0.2, 0.25) is 0 Å². The third-order valence-corrected chi connectivity index (χ3v) is 3.55. The zero-order valence-electron chi connectivity index (χ0n) is 9.88. The van der Waals surface area contributed by atoms with Crippen LogP contribution >= 0.6 is 11.3 Å². The summed E-state index contributed by atoms with van der Waals surface area (Å²) in [5.41, 5.74) is 6.57. The number of halogens is 2. The number of nitrogen functional groups attached to an aromatic ring is 1. The summed E-state index contributed by atoms with van der Waals surface area (Å²) in [5, 5.41) is 1.89. The van der Waals surface area contributed by atoms with E-state index < -0.39 is 11.6 Å². The first-order valence-corrected chi connectivity index (χ1v) is 6.14. The Hall–Kier alpha value is -1.75. The van der Waals surface area contributed by atoms with Crippen molar-refractivity contribution in [3.05, 3.63) is 40.3 Å². The number of aryl methyl sites for hydroxylation is 1. The van der Waals surface area contributed by atoms with Gasteiger partial charge in [-0.3, -0.25) is 4.79 Å². The fourth-order valence-corrected chi connectivity index (χ4v) is 2.65. The summed E-state index contributed by atoms with van der Waals surface area (Å²) < 4.78 is 27.4. The molecule has 2 aromatic rings. The number of rotatable bonds is 2. The minimum absolute atomic E-state index is 0.0660. The Kier molecular flexibility index (Phi) is 3.17. The lowest BCUT2D eigenvalue weighted by atomic mass is 10.00. The normalized spacial score (nSPS) is 10.7. The molecule has 2 nitrogen and oxygen atoms in total. The summed E-state index contributed by atoms with van der Waals surface area (Å²) in [4.78, 5) is 11.5. The highest BCUT2D eigenvalue weighted by molar-refractivity contribution is 7.15. The Balaban J connectivity index is 2.71. The first kappa shape index (κ1) is 12.7. The number of benzene rings is 1. The van der Waals surface area contributed by atoms with E-state index >= 15 is 0 Å². The highest BCUT2D eigenvalue weighted by Crippen LogP contribution is 2.36. The minimum Gasteiger partial charge on any atom is -0.390 e. The molecule has 0 saturated heterocycles. The van der Waals surface area contributed by atoms with Crippen LogP contribution in [-0.4, -0.2) is 5.78 Å². The number of carbonyl (C=O) groups excluding carboxylic acids is 1. The zero-order valence-corrected chi connectivity index (χ0v) is 10.7. The second-order valence-electron chi connectivity index (χ2n) is 4.00. The van der Waals surface area contributed by atoms with Crippen molar-refractivity contribution < 1.29 is 13.6 Å². The second-order valence-corrected chi connectivity index (χ2v) is 4.91. The van der Waals surface area contributed by atoms with E-state index in [1.165, 1.54) is 26.0 Å². The SMILES string of the molecule is CC(=O)c1c(-c2ccc(C)c(F)c2F)csc1N. The molecule has 18 heavy (non-hydrogen) atoms. The predicted octanol–water partition coefficient (Wildman–Crippen LogP) is 3.79. The Morgan fingerprint density at radius 1 is 1.22 bits per heavy atom. The molecule has 0 bridgehead atoms. The number of hydrogen-bond acceptors (Lipinski definition) is 3. The minimum atomic E-state index is -0.949. The van der Waals surface area contributed by atoms with E-state index in [0.717, 1.165) is 11.3 Å². The van der Waals surface area contributed by atoms with Gasteiger partial charge in [-0.2, -0.15) is 0 Å². The van der Waals surface area contributed by atoms with Gasteiger partial charge >= 0.3 is 0 Å². The third kappa shape index (κ3) is 1.90. The largest absolute Gasteiger partial charge is 0.390 e. The van der Waals surface area contributed by atoms with Gasteiger partial charge in [-0.25, -0.2) is 8.78 Å². The van der Waals surface area contributed by atoms with Crippen molar-refractivity contribution >= 4 is 22.1 Å². The third-order valence-electron chi connectivity index (χ3n) is 2.74. The first-order chi connectivity index (χ1) is 8.43. The molecule has 0 spiro atoms. The number of ketones is 1. The van der Waals surface area contributed by atoms with Crippen molar-refractivity contribution in [2.45, 2.75) is 13.8 Å². The molecule has 1 aromatic carbocycles. The van der Waals surface area contributed by atoms with Crippen LogP contribution in [0.4, 0.5) is 13.8 Å². The molecule has 1 heterocycles. The molecule has 0 fully saturated rings. The van der Waals surface area contributed by atoms with Gasteiger partial charge in [0.1, 0.15) is 0 Å². The summed E-state index contributed by atoms with van der Waals surface area (Å²) in [5.74, 6) is -2.11. The standard InChI is InChI=1S/C13H11F2NOS/c1-6-3-4-8(12(15)11(6)14)9-5-18-13(16)10(9)7(2)17/h3-5H,16H2,1-2H3. The summed E-state index contributed by atoms with van der Waals surface area (Å²) in [6.45, 7) is 2.83. The van der Waals surface area contributed by atoms with Crippen molar-refractivity contribution in [2.24, 2.45) is 0 Å². The first-order valence-electron chi connectivity index (χ1n) is 5.26. The van der Waals surface area contributed by atoms with Crippen molar-refractivity contribution in [3.8, 4) is 11.1 Å². The van der Waals surface area contributed by atoms with E-state index in [1.807, 2.05) is 0 Å². The van der Waals surface area contributed by atoms with Gasteiger partial charge in [-0.05, 0) is 19.4 Å². The second kappa shape index (κ2) is 4.49. The number of Topliss-reactive ketones (excluding diaryl/α,β-unsaturated/α-hetero) is 1. The molecule has 0 aliphatic rings. The molecule has 0 unspecified atom stereocenters. The van der Waals surface area contributed by atoms with E-state index in [2.05, 4.69) is 0 Å². The fraction of sp³-hybridized carbons (Fsp3) is 0.154. The van der Waals surface area contributed by atoms with Crippen LogP contribution in [0.15, 0.2) is 17.5 Å². The van der Waals surface area contributed by atoms with Crippen LogP contribution in [0.1, 0.15) is 22.8 Å². The van der Waals surface area contributed by atoms with E-state index in [0.29, 0.717) is 10.6 Å². The molecule has 94 valence electrons. The molecule has 5 heteroatoms. The van der Waals surface area contributed by atoms with Gasteiger partial charge in [0.05, 0.1) is 10.6 Å². The fourth-order valence-electron chi connectivity index (χ4n) is 1.79. The van der Waals surface area contributed by atoms with Gasteiger partial charge in [0.25, 0.3) is 0 Å². The Morgan fingerprint density at radius 2 is 1.89 bits per heavy atom. The average Bonchev–Trinajstić information content (AvgIpc) is 2.68. The lowest BCUT2D eigenvalue weighted by molar-refractivity contribution is 0.101. The van der Waals surface area contributed by atoms with Gasteiger partial charge in [0.15, 0.2) is 17.4 Å². The van der Waals surface area contributed by atoms with Gasteiger partial charge < -0.3 is 5.73 Å². The number of carbonyl (C=O) groups is 1. The van der Waals surface area contributed by atoms with Crippen molar-refractivity contribution in [2.75, 3.05) is 5.73 Å². The van der Waals surface area contributed by atoms with Crippen molar-refractivity contribution in [3.63, 3.8) is 0 Å². The Labute approximate surface area is 107 Å². The molecule has 0 radical (unpaired) electrons. The van der Waals surface area contributed by atoms with E-state index in [4.69, 9.17) is 5.73 Å². The maximum Gasteiger partial charge on any atom is 0.166 e.